The molecule has 5 aromatic carbocycles. The maximum absolute atomic E-state index is 13.6. The second-order valence-corrected chi connectivity index (χ2v) is 20.5. The topological polar surface area (TPSA) is 201 Å². The Hall–Kier alpha value is -7.33. The molecule has 4 atom stereocenters. The SMILES string of the molecule is Nc1ccc(O[C@@H]2CCC[C@@H](Nc3ncc(Cl)c(-c4c[nH]c5ccccc45)n3)C2)cc1.Nc1ccc(O[C@@H]2CCC[C@@H](Nc3ncc(Cl)c(-c4cn(S(=O)(=O)c5ccccc5)c5ccccc45)n3)C2)cc1. The molecule has 17 heteroatoms. The molecule has 0 unspecified atom stereocenters. The molecule has 2 fully saturated rings. The van der Waals surface area contributed by atoms with Crippen LogP contribution in [0.1, 0.15) is 51.4 Å². The standard InChI is InChI=1S/C30H28ClN5O3S.C24H24ClN5O/c31-27-18-33-30(34-21-7-6-8-23(17-21)39-22-15-13-20(32)14-16-22)35-29(27)26-19-36(28-12-5-4-11-25(26)28)40(37,38)24-9-2-1-3-10-24;25-21-14-28-24(30-23(21)20-13-27-22-7-2-1-6-19(20)22)29-16-4-3-5-18(12-16)31-17-10-8-15(26)9-11-17/h1-5,9-16,18-19,21,23H,6-8,17,32H2,(H,33,34,35);1-2,6-11,13-14,16,18,27H,3-5,12,26H2,(H,28,29,30)/t21-,23-;16-,18-/m11/s1. The molecule has 9 aromatic rings. The van der Waals surface area contributed by atoms with Gasteiger partial charge in [0.05, 0.1) is 44.2 Å². The molecule has 0 bridgehead atoms. The summed E-state index contributed by atoms with van der Waals surface area (Å²) in [7, 11) is -3.84. The third-order valence-electron chi connectivity index (χ3n) is 12.9. The summed E-state index contributed by atoms with van der Waals surface area (Å²) in [6, 6.07) is 39.1. The van der Waals surface area contributed by atoms with Gasteiger partial charge in [-0.3, -0.25) is 0 Å². The number of halogens is 2. The fourth-order valence-electron chi connectivity index (χ4n) is 9.37. The van der Waals surface area contributed by atoms with Crippen molar-refractivity contribution in [2.45, 2.75) is 80.6 Å². The van der Waals surface area contributed by atoms with Gasteiger partial charge in [-0.1, -0.05) is 77.8 Å². The van der Waals surface area contributed by atoms with Gasteiger partial charge in [0.2, 0.25) is 11.9 Å². The predicted molar refractivity (Wildman–Crippen MR) is 284 cm³/mol. The lowest BCUT2D eigenvalue weighted by Crippen LogP contribution is -2.33. The number of anilines is 4. The van der Waals surface area contributed by atoms with E-state index in [1.165, 1.54) is 3.97 Å². The molecule has 7 N–H and O–H groups in total. The third kappa shape index (κ3) is 10.9. The Balaban J connectivity index is 0.000000169. The number of benzene rings is 5. The van der Waals surface area contributed by atoms with E-state index in [2.05, 4.69) is 31.7 Å². The molecule has 0 saturated heterocycles. The number of nitrogen functional groups attached to an aromatic ring is 2. The Morgan fingerprint density at radius 1 is 0.606 bits per heavy atom. The van der Waals surface area contributed by atoms with Crippen LogP contribution in [0.5, 0.6) is 11.5 Å². The van der Waals surface area contributed by atoms with Crippen LogP contribution in [0.25, 0.3) is 44.3 Å². The number of fused-ring (bicyclic) bond motifs is 2. The summed E-state index contributed by atoms with van der Waals surface area (Å²) in [4.78, 5) is 21.8. The summed E-state index contributed by atoms with van der Waals surface area (Å²) in [6.45, 7) is 0. The number of nitrogens with zero attached hydrogens (tertiary/aromatic N) is 5. The molecular weight excluding hydrogens is 956 g/mol. The Bertz CT molecular complexity index is 3390. The molecule has 0 spiro atoms. The van der Waals surface area contributed by atoms with Crippen molar-refractivity contribution in [2.24, 2.45) is 0 Å². The first-order chi connectivity index (χ1) is 34.5. The average molecular weight is 1010 g/mol. The van der Waals surface area contributed by atoms with Crippen molar-refractivity contribution in [3.63, 3.8) is 0 Å². The molecule has 2 aliphatic rings. The van der Waals surface area contributed by atoms with Crippen molar-refractivity contribution in [1.29, 1.82) is 0 Å². The van der Waals surface area contributed by atoms with E-state index in [1.807, 2.05) is 91.1 Å². The highest BCUT2D eigenvalue weighted by Crippen LogP contribution is 2.37. The van der Waals surface area contributed by atoms with Crippen LogP contribution in [0.3, 0.4) is 0 Å². The summed E-state index contributed by atoms with van der Waals surface area (Å²) in [6.07, 6.45) is 14.7. The van der Waals surface area contributed by atoms with Crippen LogP contribution in [-0.2, 0) is 10.0 Å². The quantitative estimate of drug-likeness (QED) is 0.0726. The fourth-order valence-corrected chi connectivity index (χ4v) is 11.1. The van der Waals surface area contributed by atoms with Gasteiger partial charge >= 0.3 is 0 Å². The maximum Gasteiger partial charge on any atom is 0.268 e. The van der Waals surface area contributed by atoms with Crippen molar-refractivity contribution in [3.05, 3.63) is 162 Å². The molecule has 14 nitrogen and oxygen atoms in total. The molecule has 2 aliphatic carbocycles. The van der Waals surface area contributed by atoms with Crippen molar-refractivity contribution in [1.82, 2.24) is 28.9 Å². The zero-order valence-electron chi connectivity index (χ0n) is 38.6. The van der Waals surface area contributed by atoms with Gasteiger partial charge in [-0.15, -0.1) is 0 Å². The number of ether oxygens (including phenoxy) is 2. The molecule has 4 aromatic heterocycles. The van der Waals surface area contributed by atoms with E-state index in [9.17, 15) is 8.42 Å². The van der Waals surface area contributed by atoms with E-state index in [0.29, 0.717) is 44.4 Å². The Kier molecular flexibility index (Phi) is 14.0. The lowest BCUT2D eigenvalue weighted by molar-refractivity contribution is 0.148. The van der Waals surface area contributed by atoms with Crippen LogP contribution < -0.4 is 31.6 Å². The van der Waals surface area contributed by atoms with Crippen LogP contribution in [0, 0.1) is 0 Å². The Morgan fingerprint density at radius 2 is 1.11 bits per heavy atom. The van der Waals surface area contributed by atoms with E-state index < -0.39 is 10.0 Å². The van der Waals surface area contributed by atoms with Crippen LogP contribution in [0.15, 0.2) is 157 Å². The number of hydrogen-bond donors (Lipinski definition) is 5. The minimum atomic E-state index is -3.84. The van der Waals surface area contributed by atoms with Crippen molar-refractivity contribution < 1.29 is 17.9 Å². The summed E-state index contributed by atoms with van der Waals surface area (Å²) in [5, 5.41) is 9.62. The largest absolute Gasteiger partial charge is 0.490 e. The highest BCUT2D eigenvalue weighted by Gasteiger charge is 2.27. The van der Waals surface area contributed by atoms with Crippen LogP contribution >= 0.6 is 23.2 Å². The second kappa shape index (κ2) is 20.9. The Morgan fingerprint density at radius 3 is 1.69 bits per heavy atom. The van der Waals surface area contributed by atoms with Gasteiger partial charge in [0.15, 0.2) is 0 Å². The van der Waals surface area contributed by atoms with E-state index in [4.69, 9.17) is 54.1 Å². The summed E-state index contributed by atoms with van der Waals surface area (Å²) in [5.41, 5.74) is 17.4. The molecule has 11 rings (SSSR count). The zero-order valence-corrected chi connectivity index (χ0v) is 40.9. The fraction of sp³-hybridized carbons (Fsp3) is 0.222. The molecule has 362 valence electrons. The number of nitrogens with one attached hydrogen (secondary N) is 3. The first-order valence-corrected chi connectivity index (χ1v) is 25.8. The molecule has 2 saturated carbocycles. The minimum absolute atomic E-state index is 0.0582. The van der Waals surface area contributed by atoms with Crippen LogP contribution in [0.2, 0.25) is 10.0 Å². The highest BCUT2D eigenvalue weighted by molar-refractivity contribution is 7.90. The number of nitrogens with two attached hydrogens (primary N) is 2. The number of hydrogen-bond acceptors (Lipinski definition) is 12. The van der Waals surface area contributed by atoms with Crippen LogP contribution in [-0.4, -0.2) is 61.6 Å². The van der Waals surface area contributed by atoms with Gasteiger partial charge < -0.3 is 36.6 Å². The van der Waals surface area contributed by atoms with Crippen molar-refractivity contribution in [2.75, 3.05) is 22.1 Å². The number of aromatic amines is 1. The predicted octanol–water partition coefficient (Wildman–Crippen LogP) is 12.0. The van der Waals surface area contributed by atoms with E-state index in [1.54, 1.807) is 55.0 Å². The molecule has 71 heavy (non-hydrogen) atoms. The van der Waals surface area contributed by atoms with Crippen molar-refractivity contribution >= 4 is 78.3 Å². The average Bonchev–Trinajstić information content (AvgIpc) is 4.00. The van der Waals surface area contributed by atoms with Gasteiger partial charge in [0.1, 0.15) is 23.7 Å². The normalized spacial score (nSPS) is 18.1. The Labute approximate surface area is 421 Å². The van der Waals surface area contributed by atoms with Crippen molar-refractivity contribution in [3.8, 4) is 34.0 Å². The first-order valence-electron chi connectivity index (χ1n) is 23.6. The number of aromatic nitrogens is 6. The first kappa shape index (κ1) is 47.4. The summed E-state index contributed by atoms with van der Waals surface area (Å²) in [5.74, 6) is 2.67. The maximum atomic E-state index is 13.6. The lowest BCUT2D eigenvalue weighted by Gasteiger charge is -2.30. The van der Waals surface area contributed by atoms with Gasteiger partial charge in [0, 0.05) is 76.1 Å². The molecule has 4 heterocycles. The lowest BCUT2D eigenvalue weighted by atomic mass is 9.93. The second-order valence-electron chi connectivity index (χ2n) is 17.8. The van der Waals surface area contributed by atoms with Gasteiger partial charge in [0.25, 0.3) is 10.0 Å². The van der Waals surface area contributed by atoms with Gasteiger partial charge in [-0.25, -0.2) is 32.3 Å². The van der Waals surface area contributed by atoms with Gasteiger partial charge in [-0.05, 0) is 111 Å². The summed E-state index contributed by atoms with van der Waals surface area (Å²) >= 11 is 13.1. The van der Waals surface area contributed by atoms with E-state index in [0.717, 1.165) is 96.1 Å². The van der Waals surface area contributed by atoms with E-state index in [-0.39, 0.29) is 29.2 Å². The smallest absolute Gasteiger partial charge is 0.268 e. The molecule has 0 radical (unpaired) electrons. The molecule has 0 amide bonds. The molecule has 0 aliphatic heterocycles. The zero-order chi connectivity index (χ0) is 48.9. The number of para-hydroxylation sites is 2. The number of H-pyrrole nitrogens is 1. The van der Waals surface area contributed by atoms with Gasteiger partial charge in [-0.2, -0.15) is 0 Å². The van der Waals surface area contributed by atoms with Crippen LogP contribution in [0.4, 0.5) is 23.3 Å². The monoisotopic (exact) mass is 1010 g/mol. The number of rotatable bonds is 12. The molecular formula is C54H52Cl2N10O4S. The minimum Gasteiger partial charge on any atom is -0.490 e. The third-order valence-corrected chi connectivity index (χ3v) is 15.1. The van der Waals surface area contributed by atoms with E-state index >= 15 is 0 Å². The summed E-state index contributed by atoms with van der Waals surface area (Å²) < 4.78 is 40.8. The highest BCUT2D eigenvalue weighted by atomic mass is 35.5.